The molecule has 1 heterocycles. The van der Waals surface area contributed by atoms with Crippen molar-refractivity contribution < 1.29 is 4.74 Å². The molecule has 3 N–H and O–H groups in total. The summed E-state index contributed by atoms with van der Waals surface area (Å²) in [5, 5.41) is 11.1. The second-order valence-corrected chi connectivity index (χ2v) is 4.65. The Labute approximate surface area is 119 Å². The first kappa shape index (κ1) is 14.5. The largest absolute Gasteiger partial charge is 0.383 e. The first-order valence-electron chi connectivity index (χ1n) is 6.74. The molecule has 0 saturated heterocycles. The molecule has 1 atom stereocenters. The van der Waals surface area contributed by atoms with E-state index in [1.54, 1.807) is 19.8 Å². The molecule has 0 saturated carbocycles. The monoisotopic (exact) mass is 275 g/mol. The molecular formula is C14H21N5O. The Morgan fingerprint density at radius 2 is 2.15 bits per heavy atom. The number of anilines is 1. The minimum Gasteiger partial charge on any atom is -0.383 e. The van der Waals surface area contributed by atoms with E-state index < -0.39 is 0 Å². The van der Waals surface area contributed by atoms with Crippen molar-refractivity contribution in [2.75, 3.05) is 25.6 Å². The van der Waals surface area contributed by atoms with Crippen LogP contribution in [0.5, 0.6) is 0 Å². The van der Waals surface area contributed by atoms with E-state index in [1.165, 1.54) is 0 Å². The summed E-state index contributed by atoms with van der Waals surface area (Å²) in [4.78, 5) is 0. The lowest BCUT2D eigenvalue weighted by atomic mass is 10.1. The van der Waals surface area contributed by atoms with Gasteiger partial charge in [0.25, 0.3) is 0 Å². The Morgan fingerprint density at radius 3 is 2.85 bits per heavy atom. The number of methoxy groups -OCH3 is 1. The molecule has 0 amide bonds. The molecule has 0 aliphatic heterocycles. The van der Waals surface area contributed by atoms with E-state index in [0.717, 1.165) is 24.2 Å². The van der Waals surface area contributed by atoms with Gasteiger partial charge in [-0.3, -0.25) is 4.57 Å². The molecule has 1 unspecified atom stereocenters. The Morgan fingerprint density at radius 1 is 1.35 bits per heavy atom. The van der Waals surface area contributed by atoms with Crippen LogP contribution in [-0.2, 0) is 4.74 Å². The summed E-state index contributed by atoms with van der Waals surface area (Å²) >= 11 is 0. The van der Waals surface area contributed by atoms with Crippen LogP contribution in [0.4, 0.5) is 5.69 Å². The molecule has 0 fully saturated rings. The van der Waals surface area contributed by atoms with Gasteiger partial charge in [-0.25, -0.2) is 0 Å². The number of rotatable bonds is 8. The quantitative estimate of drug-likeness (QED) is 0.762. The molecule has 108 valence electrons. The minimum atomic E-state index is 0.264. The molecule has 2 aromatic rings. The highest BCUT2D eigenvalue weighted by molar-refractivity contribution is 5.51. The number of hydrogen-bond donors (Lipinski definition) is 2. The van der Waals surface area contributed by atoms with Crippen molar-refractivity contribution in [2.24, 2.45) is 5.73 Å². The van der Waals surface area contributed by atoms with Crippen LogP contribution in [0.15, 0.2) is 36.9 Å². The highest BCUT2D eigenvalue weighted by Gasteiger charge is 2.08. The van der Waals surface area contributed by atoms with E-state index in [4.69, 9.17) is 10.5 Å². The van der Waals surface area contributed by atoms with Crippen LogP contribution in [0.1, 0.15) is 12.8 Å². The fourth-order valence-corrected chi connectivity index (χ4v) is 2.09. The molecule has 0 spiro atoms. The smallest absolute Gasteiger partial charge is 0.123 e. The van der Waals surface area contributed by atoms with Gasteiger partial charge >= 0.3 is 0 Å². The van der Waals surface area contributed by atoms with E-state index in [9.17, 15) is 0 Å². The van der Waals surface area contributed by atoms with Crippen LogP contribution >= 0.6 is 0 Å². The average Bonchev–Trinajstić information content (AvgIpc) is 2.99. The third-order valence-electron chi connectivity index (χ3n) is 3.06. The van der Waals surface area contributed by atoms with Gasteiger partial charge in [0.05, 0.1) is 12.3 Å². The Bertz CT molecular complexity index is 500. The zero-order chi connectivity index (χ0) is 14.2. The number of nitrogens with two attached hydrogens (primary N) is 1. The van der Waals surface area contributed by atoms with Gasteiger partial charge in [0.15, 0.2) is 0 Å². The third kappa shape index (κ3) is 4.04. The van der Waals surface area contributed by atoms with Gasteiger partial charge in [0, 0.05) is 18.8 Å². The lowest BCUT2D eigenvalue weighted by Crippen LogP contribution is -2.25. The van der Waals surface area contributed by atoms with E-state index in [0.29, 0.717) is 13.2 Å². The van der Waals surface area contributed by atoms with Crippen LogP contribution in [0, 0.1) is 0 Å². The maximum atomic E-state index is 5.57. The number of benzene rings is 1. The predicted molar refractivity (Wildman–Crippen MR) is 78.9 cm³/mol. The normalized spacial score (nSPS) is 12.3. The maximum absolute atomic E-state index is 5.57. The van der Waals surface area contributed by atoms with E-state index in [-0.39, 0.29) is 6.04 Å². The summed E-state index contributed by atoms with van der Waals surface area (Å²) in [5.41, 5.74) is 7.64. The van der Waals surface area contributed by atoms with Crippen molar-refractivity contribution in [3.05, 3.63) is 36.9 Å². The number of ether oxygens (including phenoxy) is 1. The van der Waals surface area contributed by atoms with E-state index >= 15 is 0 Å². The zero-order valence-electron chi connectivity index (χ0n) is 11.7. The number of nitrogens with zero attached hydrogens (tertiary/aromatic N) is 3. The Balaban J connectivity index is 2.05. The summed E-state index contributed by atoms with van der Waals surface area (Å²) in [6, 6.07) is 8.39. The first-order chi connectivity index (χ1) is 9.83. The van der Waals surface area contributed by atoms with Crippen LogP contribution in [0.3, 0.4) is 0 Å². The molecule has 6 nitrogen and oxygen atoms in total. The van der Waals surface area contributed by atoms with E-state index in [2.05, 4.69) is 21.6 Å². The molecule has 1 aromatic heterocycles. The standard InChI is InChI=1S/C14H21N5O/c1-20-9-13(5-3-7-15)18-12-4-2-6-14(8-12)19-10-16-17-11-19/h2,4,6,8,10-11,13,18H,3,5,7,9,15H2,1H3. The van der Waals surface area contributed by atoms with Crippen molar-refractivity contribution in [3.63, 3.8) is 0 Å². The molecule has 0 aliphatic rings. The van der Waals surface area contributed by atoms with Gasteiger partial charge in [-0.15, -0.1) is 10.2 Å². The summed E-state index contributed by atoms with van der Waals surface area (Å²) in [6.07, 6.45) is 5.33. The highest BCUT2D eigenvalue weighted by Crippen LogP contribution is 2.16. The lowest BCUT2D eigenvalue weighted by Gasteiger charge is -2.19. The minimum absolute atomic E-state index is 0.264. The van der Waals surface area contributed by atoms with Gasteiger partial charge < -0.3 is 15.8 Å². The second-order valence-electron chi connectivity index (χ2n) is 4.65. The highest BCUT2D eigenvalue weighted by atomic mass is 16.5. The van der Waals surface area contributed by atoms with Gasteiger partial charge in [-0.1, -0.05) is 6.07 Å². The molecular weight excluding hydrogens is 254 g/mol. The van der Waals surface area contributed by atoms with Crippen molar-refractivity contribution >= 4 is 5.69 Å². The number of hydrogen-bond acceptors (Lipinski definition) is 5. The topological polar surface area (TPSA) is 78.0 Å². The summed E-state index contributed by atoms with van der Waals surface area (Å²) < 4.78 is 7.12. The summed E-state index contributed by atoms with van der Waals surface area (Å²) in [5.74, 6) is 0. The molecule has 2 rings (SSSR count). The fraction of sp³-hybridized carbons (Fsp3) is 0.429. The number of nitrogens with one attached hydrogen (secondary N) is 1. The van der Waals surface area contributed by atoms with Gasteiger partial charge in [-0.05, 0) is 37.6 Å². The van der Waals surface area contributed by atoms with E-state index in [1.807, 2.05) is 22.8 Å². The van der Waals surface area contributed by atoms with Crippen molar-refractivity contribution in [3.8, 4) is 5.69 Å². The summed E-state index contributed by atoms with van der Waals surface area (Å²) in [7, 11) is 1.71. The summed E-state index contributed by atoms with van der Waals surface area (Å²) in [6.45, 7) is 1.36. The maximum Gasteiger partial charge on any atom is 0.123 e. The van der Waals surface area contributed by atoms with Crippen LogP contribution in [0.2, 0.25) is 0 Å². The lowest BCUT2D eigenvalue weighted by molar-refractivity contribution is 0.182. The number of aromatic nitrogens is 3. The van der Waals surface area contributed by atoms with Crippen molar-refractivity contribution in [1.82, 2.24) is 14.8 Å². The SMILES string of the molecule is COCC(CCCN)Nc1cccc(-n2cnnc2)c1. The molecule has 0 bridgehead atoms. The second kappa shape index (κ2) is 7.62. The fourth-order valence-electron chi connectivity index (χ4n) is 2.09. The van der Waals surface area contributed by atoms with Crippen LogP contribution < -0.4 is 11.1 Å². The Hall–Kier alpha value is -1.92. The Kier molecular flexibility index (Phi) is 5.52. The first-order valence-corrected chi connectivity index (χ1v) is 6.74. The van der Waals surface area contributed by atoms with Gasteiger partial charge in [0.2, 0.25) is 0 Å². The van der Waals surface area contributed by atoms with Gasteiger partial charge in [-0.2, -0.15) is 0 Å². The molecule has 6 heteroatoms. The van der Waals surface area contributed by atoms with Crippen LogP contribution in [0.25, 0.3) is 5.69 Å². The van der Waals surface area contributed by atoms with Crippen molar-refractivity contribution in [2.45, 2.75) is 18.9 Å². The molecule has 20 heavy (non-hydrogen) atoms. The van der Waals surface area contributed by atoms with Crippen molar-refractivity contribution in [1.29, 1.82) is 0 Å². The predicted octanol–water partition coefficient (Wildman–Crippen LogP) is 1.43. The third-order valence-corrected chi connectivity index (χ3v) is 3.06. The molecule has 0 aliphatic carbocycles. The molecule has 1 aromatic carbocycles. The molecule has 0 radical (unpaired) electrons. The average molecular weight is 275 g/mol. The van der Waals surface area contributed by atoms with Gasteiger partial charge in [0.1, 0.15) is 12.7 Å². The zero-order valence-corrected chi connectivity index (χ0v) is 11.7. The van der Waals surface area contributed by atoms with Crippen LogP contribution in [-0.4, -0.2) is 41.1 Å².